The number of nitrogens with zero attached hydrogens (tertiary/aromatic N) is 1. The van der Waals surface area contributed by atoms with Gasteiger partial charge < -0.3 is 14.6 Å². The molecule has 0 saturated heterocycles. The normalized spacial score (nSPS) is 12.7. The molecule has 7 heteroatoms. The van der Waals surface area contributed by atoms with Crippen molar-refractivity contribution in [2.75, 3.05) is 7.11 Å². The Balaban J connectivity index is 2.09. The molecule has 0 fully saturated rings. The summed E-state index contributed by atoms with van der Waals surface area (Å²) in [5, 5.41) is 11.9. The van der Waals surface area contributed by atoms with Crippen LogP contribution in [0.5, 0.6) is 5.75 Å². The smallest absolute Gasteiger partial charge is 0.252 e. The number of benzene rings is 2. The summed E-state index contributed by atoms with van der Waals surface area (Å²) in [7, 11) is 1.53. The molecule has 2 atom stereocenters. The summed E-state index contributed by atoms with van der Waals surface area (Å²) in [6.07, 6.45) is 0. The molecular formula is C17H15N2O4S-. The minimum Gasteiger partial charge on any atom is -0.772 e. The Kier molecular flexibility index (Phi) is 6.07. The fourth-order valence-electron chi connectivity index (χ4n) is 2.09. The van der Waals surface area contributed by atoms with Gasteiger partial charge in [-0.1, -0.05) is 35.3 Å². The Morgan fingerprint density at radius 1 is 1.25 bits per heavy atom. The number of nitriles is 1. The molecule has 0 heterocycles. The van der Waals surface area contributed by atoms with Crippen molar-refractivity contribution in [1.82, 2.24) is 5.32 Å². The summed E-state index contributed by atoms with van der Waals surface area (Å²) >= 11 is -2.17. The van der Waals surface area contributed by atoms with E-state index in [1.165, 1.54) is 7.11 Å². The predicted molar refractivity (Wildman–Crippen MR) is 87.9 cm³/mol. The molecular weight excluding hydrogens is 328 g/mol. The predicted octanol–water partition coefficient (Wildman–Crippen LogP) is 2.07. The molecule has 0 aliphatic rings. The number of carbonyl (C=O) groups excluding carboxylic acids is 1. The van der Waals surface area contributed by atoms with Crippen LogP contribution in [0.2, 0.25) is 0 Å². The zero-order valence-corrected chi connectivity index (χ0v) is 13.7. The maximum Gasteiger partial charge on any atom is 0.252 e. The molecule has 0 saturated carbocycles. The van der Waals surface area contributed by atoms with E-state index in [1.807, 2.05) is 6.07 Å². The molecule has 0 aromatic heterocycles. The molecule has 2 aromatic carbocycles. The van der Waals surface area contributed by atoms with Gasteiger partial charge in [-0.15, -0.1) is 0 Å². The van der Waals surface area contributed by atoms with E-state index in [2.05, 4.69) is 5.32 Å². The van der Waals surface area contributed by atoms with Crippen LogP contribution in [-0.2, 0) is 16.8 Å². The molecule has 2 rings (SSSR count). The lowest BCUT2D eigenvalue weighted by atomic mass is 10.1. The largest absolute Gasteiger partial charge is 0.772 e. The topological polar surface area (TPSA) is 102 Å². The minimum absolute atomic E-state index is 0.0876. The van der Waals surface area contributed by atoms with E-state index < -0.39 is 17.1 Å². The van der Waals surface area contributed by atoms with Gasteiger partial charge in [-0.3, -0.25) is 9.00 Å². The summed E-state index contributed by atoms with van der Waals surface area (Å²) in [6, 6.07) is 14.2. The lowest BCUT2D eigenvalue weighted by molar-refractivity contribution is 0.0945. The van der Waals surface area contributed by atoms with Crippen LogP contribution in [0.1, 0.15) is 27.5 Å². The highest BCUT2D eigenvalue weighted by molar-refractivity contribution is 7.78. The molecule has 1 amide bonds. The maximum absolute atomic E-state index is 12.2. The van der Waals surface area contributed by atoms with Crippen LogP contribution < -0.4 is 10.1 Å². The number of nitrogens with one attached hydrogen (secondary N) is 1. The molecule has 0 aliphatic carbocycles. The highest BCUT2D eigenvalue weighted by Crippen LogP contribution is 2.16. The van der Waals surface area contributed by atoms with Gasteiger partial charge in [0.25, 0.3) is 5.91 Å². The second-order valence-electron chi connectivity index (χ2n) is 4.95. The molecule has 6 nitrogen and oxygen atoms in total. The number of rotatable bonds is 6. The average Bonchev–Trinajstić information content (AvgIpc) is 2.60. The van der Waals surface area contributed by atoms with Gasteiger partial charge in [0.2, 0.25) is 0 Å². The van der Waals surface area contributed by atoms with Gasteiger partial charge in [0.15, 0.2) is 0 Å². The SMILES string of the molecule is COc1ccc(C(=O)NC(C#N)c2ccc(CS(=O)[O-])cc2)cc1. The van der Waals surface area contributed by atoms with E-state index in [4.69, 9.17) is 4.74 Å². The number of methoxy groups -OCH3 is 1. The third kappa shape index (κ3) is 4.65. The Morgan fingerprint density at radius 2 is 1.88 bits per heavy atom. The third-order valence-corrected chi connectivity index (χ3v) is 3.92. The molecule has 0 radical (unpaired) electrons. The Morgan fingerprint density at radius 3 is 2.38 bits per heavy atom. The van der Waals surface area contributed by atoms with Crippen molar-refractivity contribution in [3.8, 4) is 11.8 Å². The van der Waals surface area contributed by atoms with E-state index in [0.717, 1.165) is 0 Å². The van der Waals surface area contributed by atoms with E-state index in [9.17, 15) is 18.8 Å². The first-order valence-electron chi connectivity index (χ1n) is 7.02. The first-order valence-corrected chi connectivity index (χ1v) is 8.27. The molecule has 24 heavy (non-hydrogen) atoms. The minimum atomic E-state index is -2.17. The van der Waals surface area contributed by atoms with Gasteiger partial charge in [0.1, 0.15) is 11.8 Å². The Hall–Kier alpha value is -2.69. The van der Waals surface area contributed by atoms with Crippen LogP contribution in [-0.4, -0.2) is 21.8 Å². The molecule has 0 bridgehead atoms. The van der Waals surface area contributed by atoms with E-state index in [-0.39, 0.29) is 11.7 Å². The van der Waals surface area contributed by atoms with Gasteiger partial charge >= 0.3 is 0 Å². The van der Waals surface area contributed by atoms with E-state index in [1.54, 1.807) is 48.5 Å². The lowest BCUT2D eigenvalue weighted by Gasteiger charge is -2.13. The lowest BCUT2D eigenvalue weighted by Crippen LogP contribution is -2.27. The summed E-state index contributed by atoms with van der Waals surface area (Å²) < 4.78 is 26.4. The highest BCUT2D eigenvalue weighted by Gasteiger charge is 2.15. The Labute approximate surface area is 142 Å². The van der Waals surface area contributed by atoms with Gasteiger partial charge in [0, 0.05) is 11.3 Å². The zero-order chi connectivity index (χ0) is 17.5. The average molecular weight is 343 g/mol. The second kappa shape index (κ2) is 8.24. The van der Waals surface area contributed by atoms with Crippen LogP contribution in [0.3, 0.4) is 0 Å². The van der Waals surface area contributed by atoms with Crippen molar-refractivity contribution in [2.45, 2.75) is 11.8 Å². The number of amides is 1. The van der Waals surface area contributed by atoms with Crippen molar-refractivity contribution in [1.29, 1.82) is 5.26 Å². The van der Waals surface area contributed by atoms with Gasteiger partial charge in [-0.2, -0.15) is 5.26 Å². The Bertz CT molecular complexity index is 767. The number of hydrogen-bond donors (Lipinski definition) is 1. The third-order valence-electron chi connectivity index (χ3n) is 3.35. The summed E-state index contributed by atoms with van der Waals surface area (Å²) in [4.78, 5) is 12.2. The quantitative estimate of drug-likeness (QED) is 0.809. The number of hydrogen-bond acceptors (Lipinski definition) is 5. The van der Waals surface area contributed by atoms with Crippen molar-refractivity contribution >= 4 is 17.0 Å². The monoisotopic (exact) mass is 343 g/mol. The van der Waals surface area contributed by atoms with Crippen LogP contribution in [0.15, 0.2) is 48.5 Å². The molecule has 0 aliphatic heterocycles. The van der Waals surface area contributed by atoms with E-state index in [0.29, 0.717) is 22.4 Å². The van der Waals surface area contributed by atoms with Gasteiger partial charge in [-0.25, -0.2) is 0 Å². The molecule has 2 aromatic rings. The van der Waals surface area contributed by atoms with Crippen LogP contribution in [0, 0.1) is 11.3 Å². The van der Waals surface area contributed by atoms with Crippen molar-refractivity contribution < 1.29 is 18.3 Å². The summed E-state index contributed by atoms with van der Waals surface area (Å²) in [5.41, 5.74) is 1.61. The molecule has 124 valence electrons. The number of ether oxygens (including phenoxy) is 1. The molecule has 1 N–H and O–H groups in total. The fourth-order valence-corrected chi connectivity index (χ4v) is 2.55. The van der Waals surface area contributed by atoms with E-state index >= 15 is 0 Å². The summed E-state index contributed by atoms with van der Waals surface area (Å²) in [5.74, 6) is 0.166. The first-order chi connectivity index (χ1) is 11.5. The zero-order valence-electron chi connectivity index (χ0n) is 12.9. The molecule has 2 unspecified atom stereocenters. The first kappa shape index (κ1) is 17.7. The van der Waals surface area contributed by atoms with Crippen molar-refractivity contribution in [2.24, 2.45) is 0 Å². The van der Waals surface area contributed by atoms with Gasteiger partial charge in [-0.05, 0) is 35.4 Å². The standard InChI is InChI=1S/C17H16N2O4S/c1-23-15-8-6-14(7-9-15)17(20)19-16(10-18)13-4-2-12(3-5-13)11-24(21)22/h2-9,16H,11H2,1H3,(H,19,20)(H,21,22)/p-1. The van der Waals surface area contributed by atoms with Crippen LogP contribution in [0.4, 0.5) is 0 Å². The molecule has 0 spiro atoms. The van der Waals surface area contributed by atoms with Crippen molar-refractivity contribution in [3.05, 3.63) is 65.2 Å². The van der Waals surface area contributed by atoms with Gasteiger partial charge in [0.05, 0.1) is 13.2 Å². The van der Waals surface area contributed by atoms with Crippen LogP contribution in [0.25, 0.3) is 0 Å². The van der Waals surface area contributed by atoms with Crippen molar-refractivity contribution in [3.63, 3.8) is 0 Å². The number of carbonyl (C=O) groups is 1. The highest BCUT2D eigenvalue weighted by atomic mass is 32.2. The maximum atomic E-state index is 12.2. The summed E-state index contributed by atoms with van der Waals surface area (Å²) in [6.45, 7) is 0. The fraction of sp³-hybridized carbons (Fsp3) is 0.176. The van der Waals surface area contributed by atoms with Crippen LogP contribution >= 0.6 is 0 Å². The second-order valence-corrected chi connectivity index (χ2v) is 5.85.